The Labute approximate surface area is 482 Å². The van der Waals surface area contributed by atoms with Crippen LogP contribution < -0.4 is 29.6 Å². The number of fused-ring (bicyclic) bond motifs is 2. The van der Waals surface area contributed by atoms with Gasteiger partial charge in [-0.25, -0.2) is 9.36 Å². The van der Waals surface area contributed by atoms with Crippen molar-refractivity contribution in [1.29, 1.82) is 0 Å². The number of aromatic nitrogens is 4. The number of ether oxygens (including phenoxy) is 5. The summed E-state index contributed by atoms with van der Waals surface area (Å²) in [5.74, 6) is 1.66. The summed E-state index contributed by atoms with van der Waals surface area (Å²) >= 11 is 12.5. The van der Waals surface area contributed by atoms with Crippen molar-refractivity contribution in [3.63, 3.8) is 0 Å². The van der Waals surface area contributed by atoms with Crippen LogP contribution in [0.2, 0.25) is 10.0 Å². The molecule has 0 radical (unpaired) electrons. The number of rotatable bonds is 18. The zero-order valence-corrected chi connectivity index (χ0v) is 46.8. The van der Waals surface area contributed by atoms with Crippen molar-refractivity contribution in [1.82, 2.24) is 30.2 Å². The molecule has 0 aliphatic carbocycles. The fraction of sp³-hybridized carbons (Fsp3) is 0.156. The molecule has 18 heteroatoms. The fourth-order valence-electron chi connectivity index (χ4n) is 8.52. The van der Waals surface area contributed by atoms with E-state index in [9.17, 15) is 19.2 Å². The molecule has 2 aromatic heterocycles. The molecule has 0 fully saturated rings. The van der Waals surface area contributed by atoms with E-state index in [2.05, 4.69) is 16.7 Å². The Morgan fingerprint density at radius 2 is 0.915 bits per heavy atom. The smallest absolute Gasteiger partial charge is 0.308 e. The van der Waals surface area contributed by atoms with Gasteiger partial charge in [-0.05, 0) is 164 Å². The van der Waals surface area contributed by atoms with Crippen LogP contribution in [-0.2, 0) is 14.3 Å². The SMILES string of the molecule is COc1ccc2cc(-c3nn(-c4cccc(Cl)c4)cc3Oc3ccc(C(=O)NCCC(=O)O)cc3)ccc2c1.COc1ccc2cc(-c3nn(-c4cccc(Cl)c4)cc3Oc3ccc(C(=O)NCCC(=O)OC(C)(C)C)cc3)ccc2c1. The molecule has 3 N–H and O–H groups in total. The van der Waals surface area contributed by atoms with Crippen LogP contribution in [0, 0.1) is 0 Å². The van der Waals surface area contributed by atoms with E-state index < -0.39 is 11.6 Å². The highest BCUT2D eigenvalue weighted by molar-refractivity contribution is 6.31. The van der Waals surface area contributed by atoms with Crippen molar-refractivity contribution < 1.29 is 48.0 Å². The van der Waals surface area contributed by atoms with Gasteiger partial charge in [0.25, 0.3) is 11.8 Å². The molecule has 0 bridgehead atoms. The molecule has 8 aromatic carbocycles. The summed E-state index contributed by atoms with van der Waals surface area (Å²) in [6.07, 6.45) is 3.53. The van der Waals surface area contributed by atoms with Gasteiger partial charge < -0.3 is 39.4 Å². The zero-order valence-electron chi connectivity index (χ0n) is 45.3. The molecule has 0 aliphatic heterocycles. The van der Waals surface area contributed by atoms with Crippen molar-refractivity contribution in [2.75, 3.05) is 27.3 Å². The van der Waals surface area contributed by atoms with E-state index in [1.54, 1.807) is 117 Å². The summed E-state index contributed by atoms with van der Waals surface area (Å²) in [5.41, 5.74) is 4.83. The van der Waals surface area contributed by atoms with Crippen molar-refractivity contribution in [2.45, 2.75) is 39.2 Å². The van der Waals surface area contributed by atoms with Gasteiger partial charge in [0, 0.05) is 45.4 Å². The number of carbonyl (C=O) groups excluding carboxylic acids is 3. The highest BCUT2D eigenvalue weighted by Gasteiger charge is 2.20. The Morgan fingerprint density at radius 3 is 1.32 bits per heavy atom. The van der Waals surface area contributed by atoms with E-state index in [0.717, 1.165) is 55.5 Å². The van der Waals surface area contributed by atoms with Crippen molar-refractivity contribution in [2.24, 2.45) is 0 Å². The first-order valence-electron chi connectivity index (χ1n) is 25.9. The lowest BCUT2D eigenvalue weighted by molar-refractivity contribution is -0.154. The third kappa shape index (κ3) is 14.8. The lowest BCUT2D eigenvalue weighted by Crippen LogP contribution is -2.29. The second-order valence-electron chi connectivity index (χ2n) is 19.6. The van der Waals surface area contributed by atoms with E-state index in [1.165, 1.54) is 0 Å². The van der Waals surface area contributed by atoms with E-state index in [4.69, 9.17) is 62.2 Å². The van der Waals surface area contributed by atoms with Gasteiger partial charge in [0.1, 0.15) is 40.0 Å². The summed E-state index contributed by atoms with van der Waals surface area (Å²) in [6, 6.07) is 52.0. The van der Waals surface area contributed by atoms with Crippen LogP contribution in [0.4, 0.5) is 0 Å². The molecule has 0 unspecified atom stereocenters. The number of aliphatic carboxylic acids is 1. The first-order chi connectivity index (χ1) is 39.5. The van der Waals surface area contributed by atoms with Gasteiger partial charge in [-0.1, -0.05) is 71.7 Å². The summed E-state index contributed by atoms with van der Waals surface area (Å²) in [6.45, 7) is 5.64. The molecular weight excluding hydrogens is 1080 g/mol. The third-order valence-electron chi connectivity index (χ3n) is 12.5. The lowest BCUT2D eigenvalue weighted by Gasteiger charge is -2.19. The van der Waals surface area contributed by atoms with Crippen LogP contribution in [0.1, 0.15) is 54.3 Å². The molecule has 0 spiro atoms. The number of hydrogen-bond donors (Lipinski definition) is 3. The van der Waals surface area contributed by atoms with Crippen LogP contribution in [0.25, 0.3) is 55.4 Å². The van der Waals surface area contributed by atoms with E-state index in [-0.39, 0.29) is 43.7 Å². The van der Waals surface area contributed by atoms with E-state index in [1.807, 2.05) is 103 Å². The maximum absolute atomic E-state index is 12.6. The number of hydrogen-bond acceptors (Lipinski definition) is 11. The average Bonchev–Trinajstić information content (AvgIpc) is 4.16. The normalized spacial score (nSPS) is 11.1. The molecule has 82 heavy (non-hydrogen) atoms. The quantitative estimate of drug-likeness (QED) is 0.0689. The first kappa shape index (κ1) is 57.1. The minimum absolute atomic E-state index is 0.0526. The number of esters is 1. The van der Waals surface area contributed by atoms with Gasteiger partial charge in [0.2, 0.25) is 0 Å². The first-order valence-corrected chi connectivity index (χ1v) is 26.7. The van der Waals surface area contributed by atoms with Crippen LogP contribution >= 0.6 is 23.2 Å². The van der Waals surface area contributed by atoms with Gasteiger partial charge in [-0.2, -0.15) is 10.2 Å². The van der Waals surface area contributed by atoms with Gasteiger partial charge in [0.05, 0.1) is 50.8 Å². The van der Waals surface area contributed by atoms with Crippen molar-refractivity contribution >= 4 is 68.5 Å². The largest absolute Gasteiger partial charge is 0.497 e. The average molecular weight is 1140 g/mol. The standard InChI is InChI=1S/C34H32ClN3O5.C30H24ClN3O5/c1-34(2,3)43-31(39)16-17-36-33(40)22-10-13-28(14-11-22)42-30-21-38(27-7-5-6-26(35)20-27)37-32(30)25-9-8-24-19-29(41-4)15-12-23(24)18-25;1-38-26-12-9-20-15-22(6-5-21(20)16-26)29-27(18-34(33-29)24-4-2-3-23(31)17-24)39-25-10-7-19(8-11-25)30(37)32-14-13-28(35)36/h5-15,18-21H,16-17H2,1-4H3,(H,36,40);2-12,15-18H,13-14H2,1H3,(H,32,37)(H,35,36). The fourth-order valence-corrected chi connectivity index (χ4v) is 8.89. The third-order valence-corrected chi connectivity index (χ3v) is 13.0. The molecule has 0 saturated carbocycles. The predicted molar refractivity (Wildman–Crippen MR) is 317 cm³/mol. The van der Waals surface area contributed by atoms with Crippen molar-refractivity contribution in [3.05, 3.63) is 203 Å². The summed E-state index contributed by atoms with van der Waals surface area (Å²) in [5, 5.41) is 29.1. The van der Waals surface area contributed by atoms with Crippen LogP contribution in [0.5, 0.6) is 34.5 Å². The zero-order chi connectivity index (χ0) is 57.9. The molecule has 2 heterocycles. The number of nitrogens with zero attached hydrogens (tertiary/aromatic N) is 4. The van der Waals surface area contributed by atoms with E-state index >= 15 is 0 Å². The van der Waals surface area contributed by atoms with Gasteiger partial charge in [-0.3, -0.25) is 19.2 Å². The Bertz CT molecular complexity index is 3950. The lowest BCUT2D eigenvalue weighted by atomic mass is 10.0. The maximum atomic E-state index is 12.6. The van der Waals surface area contributed by atoms with E-state index in [0.29, 0.717) is 55.6 Å². The van der Waals surface area contributed by atoms with Gasteiger partial charge >= 0.3 is 11.9 Å². The Morgan fingerprint density at radius 1 is 0.512 bits per heavy atom. The van der Waals surface area contributed by atoms with Gasteiger partial charge in [-0.15, -0.1) is 0 Å². The number of carboxylic acids is 1. The Balaban J connectivity index is 0.000000198. The number of methoxy groups -OCH3 is 2. The molecule has 416 valence electrons. The number of carbonyl (C=O) groups is 4. The highest BCUT2D eigenvalue weighted by Crippen LogP contribution is 2.38. The molecule has 2 amide bonds. The highest BCUT2D eigenvalue weighted by atomic mass is 35.5. The van der Waals surface area contributed by atoms with Crippen LogP contribution in [-0.4, -0.2) is 81.3 Å². The molecule has 0 aliphatic rings. The minimum Gasteiger partial charge on any atom is -0.497 e. The molecule has 10 aromatic rings. The number of nitrogens with one attached hydrogen (secondary N) is 2. The number of amides is 2. The van der Waals surface area contributed by atoms with Crippen LogP contribution in [0.15, 0.2) is 182 Å². The Hall–Kier alpha value is -9.64. The number of carboxylic acid groups (broad SMARTS) is 1. The second-order valence-corrected chi connectivity index (χ2v) is 20.5. The number of halogens is 2. The summed E-state index contributed by atoms with van der Waals surface area (Å²) in [7, 11) is 3.29. The number of benzene rings is 8. The molecule has 0 saturated heterocycles. The molecular formula is C64H56Cl2N6O10. The monoisotopic (exact) mass is 1140 g/mol. The minimum atomic E-state index is -0.973. The molecule has 16 nitrogen and oxygen atoms in total. The summed E-state index contributed by atoms with van der Waals surface area (Å²) < 4.78 is 32.0. The second kappa shape index (κ2) is 25.6. The molecule has 10 rings (SSSR count). The molecule has 0 atom stereocenters. The topological polar surface area (TPSA) is 194 Å². The predicted octanol–water partition coefficient (Wildman–Crippen LogP) is 14.0. The van der Waals surface area contributed by atoms with Crippen molar-refractivity contribution in [3.8, 4) is 68.4 Å². The summed E-state index contributed by atoms with van der Waals surface area (Å²) in [4.78, 5) is 47.5. The van der Waals surface area contributed by atoms with Gasteiger partial charge in [0.15, 0.2) is 11.5 Å². The maximum Gasteiger partial charge on any atom is 0.308 e. The Kier molecular flexibility index (Phi) is 17.8. The van der Waals surface area contributed by atoms with Crippen LogP contribution in [0.3, 0.4) is 0 Å².